The summed E-state index contributed by atoms with van der Waals surface area (Å²) in [4.78, 5) is 15.4. The minimum absolute atomic E-state index is 0.306. The Bertz CT molecular complexity index is 146. The van der Waals surface area contributed by atoms with E-state index < -0.39 is 0 Å². The van der Waals surface area contributed by atoms with Crippen LogP contribution in [0, 0.1) is 0 Å². The molecule has 2 N–H and O–H groups in total. The first-order chi connectivity index (χ1) is 5.83. The van der Waals surface area contributed by atoms with Gasteiger partial charge in [-0.25, -0.2) is 15.3 Å². The van der Waals surface area contributed by atoms with Crippen molar-refractivity contribution in [3.63, 3.8) is 0 Å². The van der Waals surface area contributed by atoms with Crippen LogP contribution < -0.4 is 10.9 Å². The molecule has 12 heavy (non-hydrogen) atoms. The van der Waals surface area contributed by atoms with Crippen molar-refractivity contribution in [2.45, 2.75) is 19.3 Å². The third kappa shape index (κ3) is 3.06. The lowest BCUT2D eigenvalue weighted by molar-refractivity contribution is 0.0847. The number of hydrogen-bond acceptors (Lipinski definition) is 3. The van der Waals surface area contributed by atoms with E-state index in [0.29, 0.717) is 0 Å². The lowest BCUT2D eigenvalue weighted by atomic mass is 10.2. The second-order valence-corrected chi connectivity index (χ2v) is 2.79. The van der Waals surface area contributed by atoms with Crippen LogP contribution in [-0.2, 0) is 4.84 Å². The predicted octanol–water partition coefficient (Wildman–Crippen LogP) is 0.248. The summed E-state index contributed by atoms with van der Waals surface area (Å²) in [5.74, 6) is 0. The van der Waals surface area contributed by atoms with E-state index in [1.54, 1.807) is 0 Å². The van der Waals surface area contributed by atoms with Gasteiger partial charge in [0.05, 0.1) is 7.11 Å². The monoisotopic (exact) mass is 173 g/mol. The second-order valence-electron chi connectivity index (χ2n) is 2.79. The van der Waals surface area contributed by atoms with Gasteiger partial charge in [0, 0.05) is 13.1 Å². The molecule has 0 spiro atoms. The molecule has 0 bridgehead atoms. The fourth-order valence-corrected chi connectivity index (χ4v) is 1.26. The van der Waals surface area contributed by atoms with E-state index in [0.717, 1.165) is 25.9 Å². The molecular formula is C7H15N3O2. The first kappa shape index (κ1) is 9.28. The van der Waals surface area contributed by atoms with Gasteiger partial charge in [-0.1, -0.05) is 6.42 Å². The number of carbonyl (C=O) groups excluding carboxylic acids is 1. The van der Waals surface area contributed by atoms with Crippen LogP contribution in [0.25, 0.3) is 0 Å². The summed E-state index contributed by atoms with van der Waals surface area (Å²) in [6.07, 6.45) is 3.55. The van der Waals surface area contributed by atoms with Crippen LogP contribution in [0.3, 0.4) is 0 Å². The van der Waals surface area contributed by atoms with Crippen LogP contribution >= 0.6 is 0 Å². The highest BCUT2D eigenvalue weighted by molar-refractivity contribution is 5.72. The molecule has 0 unspecified atom stereocenters. The molecule has 0 saturated carbocycles. The van der Waals surface area contributed by atoms with Gasteiger partial charge >= 0.3 is 6.03 Å². The minimum Gasteiger partial charge on any atom is -0.275 e. The molecule has 1 rings (SSSR count). The molecule has 1 heterocycles. The molecule has 5 heteroatoms. The largest absolute Gasteiger partial charge is 0.353 e. The van der Waals surface area contributed by atoms with Gasteiger partial charge in [0.2, 0.25) is 0 Å². The van der Waals surface area contributed by atoms with Gasteiger partial charge in [-0.3, -0.25) is 10.3 Å². The Kier molecular flexibility index (Phi) is 3.83. The molecule has 2 amide bonds. The molecule has 1 aliphatic rings. The number of piperidine rings is 1. The predicted molar refractivity (Wildman–Crippen MR) is 44.1 cm³/mol. The van der Waals surface area contributed by atoms with Crippen LogP contribution in [0.15, 0.2) is 0 Å². The Morgan fingerprint density at radius 1 is 1.33 bits per heavy atom. The zero-order chi connectivity index (χ0) is 8.81. The Balaban J connectivity index is 2.15. The Morgan fingerprint density at radius 3 is 2.58 bits per heavy atom. The van der Waals surface area contributed by atoms with Gasteiger partial charge in [-0.15, -0.1) is 0 Å². The van der Waals surface area contributed by atoms with Crippen molar-refractivity contribution in [2.24, 2.45) is 0 Å². The first-order valence-corrected chi connectivity index (χ1v) is 4.17. The number of nitrogens with zero attached hydrogens (tertiary/aromatic N) is 1. The highest BCUT2D eigenvalue weighted by Gasteiger charge is 2.11. The summed E-state index contributed by atoms with van der Waals surface area (Å²) < 4.78 is 0. The molecule has 0 atom stereocenters. The summed E-state index contributed by atoms with van der Waals surface area (Å²) in [6, 6.07) is -0.306. The van der Waals surface area contributed by atoms with E-state index >= 15 is 0 Å². The van der Waals surface area contributed by atoms with E-state index in [9.17, 15) is 4.79 Å². The standard InChI is InChI=1S/C7H15N3O2/c1-12-9-7(11)8-10-5-3-2-4-6-10/h2-6H2,1H3,(H2,8,9,11). The van der Waals surface area contributed by atoms with Crippen molar-refractivity contribution in [1.29, 1.82) is 0 Å². The molecule has 0 radical (unpaired) electrons. The summed E-state index contributed by atoms with van der Waals surface area (Å²) in [5, 5.41) is 1.90. The molecule has 0 aromatic rings. The molecule has 1 saturated heterocycles. The SMILES string of the molecule is CONC(=O)NN1CCCCC1. The number of hydrogen-bond donors (Lipinski definition) is 2. The molecule has 1 fully saturated rings. The topological polar surface area (TPSA) is 53.6 Å². The van der Waals surface area contributed by atoms with Gasteiger partial charge in [0.15, 0.2) is 0 Å². The third-order valence-electron chi connectivity index (χ3n) is 1.81. The molecule has 70 valence electrons. The van der Waals surface area contributed by atoms with Gasteiger partial charge in [-0.05, 0) is 12.8 Å². The highest BCUT2D eigenvalue weighted by atomic mass is 16.6. The first-order valence-electron chi connectivity index (χ1n) is 4.17. The maximum Gasteiger partial charge on any atom is 0.353 e. The number of nitrogens with one attached hydrogen (secondary N) is 2. The van der Waals surface area contributed by atoms with E-state index in [1.165, 1.54) is 13.5 Å². The van der Waals surface area contributed by atoms with Crippen molar-refractivity contribution < 1.29 is 9.63 Å². The van der Waals surface area contributed by atoms with Crippen molar-refractivity contribution in [1.82, 2.24) is 15.9 Å². The number of hydrazine groups is 1. The summed E-state index contributed by atoms with van der Waals surface area (Å²) in [6.45, 7) is 1.86. The second kappa shape index (κ2) is 4.95. The molecule has 0 aliphatic carbocycles. The Labute approximate surface area is 72.0 Å². The van der Waals surface area contributed by atoms with Gasteiger partial charge in [0.25, 0.3) is 0 Å². The van der Waals surface area contributed by atoms with E-state index in [1.807, 2.05) is 5.01 Å². The van der Waals surface area contributed by atoms with Gasteiger partial charge in [0.1, 0.15) is 0 Å². The smallest absolute Gasteiger partial charge is 0.275 e. The van der Waals surface area contributed by atoms with Crippen LogP contribution in [0.1, 0.15) is 19.3 Å². The lowest BCUT2D eigenvalue weighted by Crippen LogP contribution is -2.48. The lowest BCUT2D eigenvalue weighted by Gasteiger charge is -2.26. The zero-order valence-corrected chi connectivity index (χ0v) is 7.30. The fraction of sp³-hybridized carbons (Fsp3) is 0.857. The Morgan fingerprint density at radius 2 is 2.00 bits per heavy atom. The number of rotatable bonds is 2. The maximum absolute atomic E-state index is 10.9. The normalized spacial score (nSPS) is 18.8. The summed E-state index contributed by atoms with van der Waals surface area (Å²) >= 11 is 0. The van der Waals surface area contributed by atoms with Crippen molar-refractivity contribution in [3.05, 3.63) is 0 Å². The van der Waals surface area contributed by atoms with Crippen LogP contribution in [0.2, 0.25) is 0 Å². The zero-order valence-electron chi connectivity index (χ0n) is 7.30. The van der Waals surface area contributed by atoms with Gasteiger partial charge < -0.3 is 0 Å². The summed E-state index contributed by atoms with van der Waals surface area (Å²) in [7, 11) is 1.41. The molecule has 0 aromatic heterocycles. The number of urea groups is 1. The number of carbonyl (C=O) groups is 1. The molecule has 0 aromatic carbocycles. The van der Waals surface area contributed by atoms with Crippen LogP contribution in [-0.4, -0.2) is 31.2 Å². The average molecular weight is 173 g/mol. The van der Waals surface area contributed by atoms with Crippen molar-refractivity contribution >= 4 is 6.03 Å². The molecule has 5 nitrogen and oxygen atoms in total. The third-order valence-corrected chi connectivity index (χ3v) is 1.81. The van der Waals surface area contributed by atoms with E-state index in [2.05, 4.69) is 15.7 Å². The number of hydroxylamine groups is 1. The summed E-state index contributed by atoms with van der Waals surface area (Å²) in [5.41, 5.74) is 4.88. The van der Waals surface area contributed by atoms with Crippen molar-refractivity contribution in [3.8, 4) is 0 Å². The van der Waals surface area contributed by atoms with E-state index in [-0.39, 0.29) is 6.03 Å². The van der Waals surface area contributed by atoms with Crippen LogP contribution in [0.5, 0.6) is 0 Å². The molecular weight excluding hydrogens is 158 g/mol. The number of amides is 2. The minimum atomic E-state index is -0.306. The highest BCUT2D eigenvalue weighted by Crippen LogP contribution is 2.05. The van der Waals surface area contributed by atoms with Gasteiger partial charge in [-0.2, -0.15) is 0 Å². The van der Waals surface area contributed by atoms with Crippen LogP contribution in [0.4, 0.5) is 4.79 Å². The quantitative estimate of drug-likeness (QED) is 0.588. The Hall–Kier alpha value is -0.810. The fourth-order valence-electron chi connectivity index (χ4n) is 1.26. The molecule has 1 aliphatic heterocycles. The van der Waals surface area contributed by atoms with Crippen molar-refractivity contribution in [2.75, 3.05) is 20.2 Å². The van der Waals surface area contributed by atoms with E-state index in [4.69, 9.17) is 0 Å². The maximum atomic E-state index is 10.9. The average Bonchev–Trinajstić information content (AvgIpc) is 2.06.